The fraction of sp³-hybridized carbons (Fsp3) is 0.474. The van der Waals surface area contributed by atoms with E-state index in [4.69, 9.17) is 0 Å². The van der Waals surface area contributed by atoms with Crippen molar-refractivity contribution in [1.82, 2.24) is 0 Å². The van der Waals surface area contributed by atoms with Gasteiger partial charge < -0.3 is 0 Å². The highest BCUT2D eigenvalue weighted by molar-refractivity contribution is 6.05. The smallest absolute Gasteiger partial charge is 0.162 e. The SMILES string of the molecule is C=C[C@@H]1CC=C(C)C(=O)[C@H]1[C@@H]1C(=O)C(C)=CC[C@H]1C(=C)C. The highest BCUT2D eigenvalue weighted by Gasteiger charge is 2.45. The molecular formula is C19H24O2. The van der Waals surface area contributed by atoms with Gasteiger partial charge in [-0.15, -0.1) is 6.58 Å². The van der Waals surface area contributed by atoms with Gasteiger partial charge in [-0.3, -0.25) is 9.59 Å². The molecule has 21 heavy (non-hydrogen) atoms. The normalized spacial score (nSPS) is 33.3. The van der Waals surface area contributed by atoms with Crippen molar-refractivity contribution in [2.24, 2.45) is 23.7 Å². The minimum Gasteiger partial charge on any atom is -0.294 e. The highest BCUT2D eigenvalue weighted by atomic mass is 16.1. The number of Topliss-reactive ketones (excluding diaryl/α,β-unsaturated/α-hetero) is 2. The lowest BCUT2D eigenvalue weighted by molar-refractivity contribution is -0.132. The first-order valence-corrected chi connectivity index (χ1v) is 7.58. The Bertz CT molecular complexity index is 562. The first kappa shape index (κ1) is 15.7. The predicted molar refractivity (Wildman–Crippen MR) is 85.7 cm³/mol. The molecule has 0 bridgehead atoms. The fourth-order valence-electron chi connectivity index (χ4n) is 3.61. The number of allylic oxidation sites excluding steroid dienone is 6. The summed E-state index contributed by atoms with van der Waals surface area (Å²) in [5, 5.41) is 0. The summed E-state index contributed by atoms with van der Waals surface area (Å²) in [5.41, 5.74) is 2.54. The molecule has 0 spiro atoms. The average Bonchev–Trinajstić information content (AvgIpc) is 2.44. The molecule has 0 unspecified atom stereocenters. The van der Waals surface area contributed by atoms with Crippen LogP contribution in [0.4, 0.5) is 0 Å². The van der Waals surface area contributed by atoms with Gasteiger partial charge in [0.2, 0.25) is 0 Å². The second kappa shape index (κ2) is 5.97. The van der Waals surface area contributed by atoms with E-state index in [0.29, 0.717) is 0 Å². The van der Waals surface area contributed by atoms with E-state index < -0.39 is 0 Å². The van der Waals surface area contributed by atoms with Crippen molar-refractivity contribution in [2.75, 3.05) is 0 Å². The summed E-state index contributed by atoms with van der Waals surface area (Å²) in [6, 6.07) is 0. The summed E-state index contributed by atoms with van der Waals surface area (Å²) < 4.78 is 0. The third-order valence-electron chi connectivity index (χ3n) is 4.97. The third-order valence-corrected chi connectivity index (χ3v) is 4.97. The Morgan fingerprint density at radius 1 is 1.10 bits per heavy atom. The van der Waals surface area contributed by atoms with Crippen molar-refractivity contribution in [3.8, 4) is 0 Å². The highest BCUT2D eigenvalue weighted by Crippen LogP contribution is 2.43. The van der Waals surface area contributed by atoms with Gasteiger partial charge in [0.1, 0.15) is 0 Å². The molecule has 0 saturated heterocycles. The van der Waals surface area contributed by atoms with Gasteiger partial charge in [-0.2, -0.15) is 0 Å². The van der Waals surface area contributed by atoms with E-state index >= 15 is 0 Å². The van der Waals surface area contributed by atoms with Crippen LogP contribution < -0.4 is 0 Å². The lowest BCUT2D eigenvalue weighted by Gasteiger charge is -2.39. The lowest BCUT2D eigenvalue weighted by atomic mass is 9.62. The van der Waals surface area contributed by atoms with Crippen LogP contribution in [0.2, 0.25) is 0 Å². The molecular weight excluding hydrogens is 260 g/mol. The summed E-state index contributed by atoms with van der Waals surface area (Å²) in [6.07, 6.45) is 7.38. The molecule has 2 nitrogen and oxygen atoms in total. The summed E-state index contributed by atoms with van der Waals surface area (Å²) >= 11 is 0. The Kier molecular flexibility index (Phi) is 4.46. The Hall–Kier alpha value is -1.70. The predicted octanol–water partition coefficient (Wildman–Crippen LogP) is 4.05. The molecule has 0 amide bonds. The van der Waals surface area contributed by atoms with Gasteiger partial charge in [0.15, 0.2) is 11.6 Å². The van der Waals surface area contributed by atoms with E-state index in [-0.39, 0.29) is 35.2 Å². The van der Waals surface area contributed by atoms with Crippen molar-refractivity contribution in [2.45, 2.75) is 33.6 Å². The molecule has 2 heteroatoms. The molecule has 2 rings (SSSR count). The second-order valence-corrected chi connectivity index (χ2v) is 6.38. The van der Waals surface area contributed by atoms with Crippen LogP contribution >= 0.6 is 0 Å². The van der Waals surface area contributed by atoms with Crippen molar-refractivity contribution < 1.29 is 9.59 Å². The van der Waals surface area contributed by atoms with Crippen LogP contribution in [0.25, 0.3) is 0 Å². The molecule has 0 aliphatic heterocycles. The van der Waals surface area contributed by atoms with E-state index in [9.17, 15) is 9.59 Å². The summed E-state index contributed by atoms with van der Waals surface area (Å²) in [5.74, 6) is -0.261. The molecule has 112 valence electrons. The average molecular weight is 284 g/mol. The summed E-state index contributed by atoms with van der Waals surface area (Å²) in [4.78, 5) is 25.4. The molecule has 0 aromatic rings. The maximum atomic E-state index is 12.7. The third kappa shape index (κ3) is 2.72. The van der Waals surface area contributed by atoms with Gasteiger partial charge in [0.05, 0.1) is 0 Å². The fourth-order valence-corrected chi connectivity index (χ4v) is 3.61. The monoisotopic (exact) mass is 284 g/mol. The molecule has 0 aromatic carbocycles. The van der Waals surface area contributed by atoms with Gasteiger partial charge in [0, 0.05) is 11.8 Å². The molecule has 2 aliphatic rings. The molecule has 0 aromatic heterocycles. The van der Waals surface area contributed by atoms with E-state index in [1.54, 1.807) is 0 Å². The molecule has 0 fully saturated rings. The molecule has 0 saturated carbocycles. The van der Waals surface area contributed by atoms with E-state index in [1.165, 1.54) is 0 Å². The number of carbonyl (C=O) groups excluding carboxylic acids is 2. The van der Waals surface area contributed by atoms with E-state index in [1.807, 2.05) is 39.0 Å². The topological polar surface area (TPSA) is 34.1 Å². The van der Waals surface area contributed by atoms with Gasteiger partial charge in [0.25, 0.3) is 0 Å². The van der Waals surface area contributed by atoms with Crippen LogP contribution in [0.15, 0.2) is 48.1 Å². The summed E-state index contributed by atoms with van der Waals surface area (Å²) in [7, 11) is 0. The molecule has 0 N–H and O–H groups in total. The van der Waals surface area contributed by atoms with Crippen molar-refractivity contribution in [3.63, 3.8) is 0 Å². The Labute approximate surface area is 127 Å². The number of hydrogen-bond acceptors (Lipinski definition) is 2. The van der Waals surface area contributed by atoms with Gasteiger partial charge in [-0.05, 0) is 56.6 Å². The van der Waals surface area contributed by atoms with Crippen LogP contribution in [0.3, 0.4) is 0 Å². The number of rotatable bonds is 3. The van der Waals surface area contributed by atoms with Crippen LogP contribution in [0.1, 0.15) is 33.6 Å². The van der Waals surface area contributed by atoms with Crippen molar-refractivity contribution >= 4 is 11.6 Å². The first-order chi connectivity index (χ1) is 9.88. The van der Waals surface area contributed by atoms with Crippen molar-refractivity contribution in [1.29, 1.82) is 0 Å². The van der Waals surface area contributed by atoms with Crippen LogP contribution in [-0.4, -0.2) is 11.6 Å². The van der Waals surface area contributed by atoms with Gasteiger partial charge >= 0.3 is 0 Å². The number of carbonyl (C=O) groups is 2. The first-order valence-electron chi connectivity index (χ1n) is 7.58. The maximum Gasteiger partial charge on any atom is 0.162 e. The van der Waals surface area contributed by atoms with Crippen LogP contribution in [0, 0.1) is 23.7 Å². The lowest BCUT2D eigenvalue weighted by Crippen LogP contribution is -2.43. The van der Waals surface area contributed by atoms with E-state index in [0.717, 1.165) is 29.6 Å². The van der Waals surface area contributed by atoms with Crippen molar-refractivity contribution in [3.05, 3.63) is 48.1 Å². The Morgan fingerprint density at radius 2 is 1.62 bits per heavy atom. The molecule has 0 radical (unpaired) electrons. The minimum atomic E-state index is -0.287. The van der Waals surface area contributed by atoms with Crippen LogP contribution in [0.5, 0.6) is 0 Å². The summed E-state index contributed by atoms with van der Waals surface area (Å²) in [6.45, 7) is 13.6. The minimum absolute atomic E-state index is 0.0444. The quantitative estimate of drug-likeness (QED) is 0.733. The zero-order valence-electron chi connectivity index (χ0n) is 13.2. The van der Waals surface area contributed by atoms with Crippen LogP contribution in [-0.2, 0) is 9.59 Å². The Balaban J connectivity index is 2.48. The maximum absolute atomic E-state index is 12.7. The zero-order chi connectivity index (χ0) is 15.7. The molecule has 0 heterocycles. The largest absolute Gasteiger partial charge is 0.294 e. The number of hydrogen-bond donors (Lipinski definition) is 0. The second-order valence-electron chi connectivity index (χ2n) is 6.38. The standard InChI is InChI=1S/C19H24O2/c1-6-14-9-7-12(4)18(20)16(14)17-15(11(2)3)10-8-13(5)19(17)21/h6-8,14-17H,1-2,9-10H2,3-5H3/t14-,15+,16-,17-/m1/s1. The molecule has 2 aliphatic carbocycles. The Morgan fingerprint density at radius 3 is 2.14 bits per heavy atom. The number of ketones is 2. The molecule has 4 atom stereocenters. The van der Waals surface area contributed by atoms with E-state index in [2.05, 4.69) is 13.2 Å². The van der Waals surface area contributed by atoms with Gasteiger partial charge in [-0.1, -0.05) is 30.4 Å². The van der Waals surface area contributed by atoms with Gasteiger partial charge in [-0.25, -0.2) is 0 Å². The zero-order valence-corrected chi connectivity index (χ0v) is 13.2.